The molecule has 17 heavy (non-hydrogen) atoms. The van der Waals surface area contributed by atoms with Crippen LogP contribution in [0.15, 0.2) is 6.20 Å². The van der Waals surface area contributed by atoms with Crippen molar-refractivity contribution in [3.8, 4) is 0 Å². The highest BCUT2D eigenvalue weighted by atomic mass is 32.2. The van der Waals surface area contributed by atoms with E-state index in [1.807, 2.05) is 6.92 Å². The Hall–Kier alpha value is -1.50. The molecule has 0 aliphatic heterocycles. The molecule has 1 aliphatic carbocycles. The monoisotopic (exact) mass is 255 g/mol. The molecule has 0 saturated heterocycles. The Morgan fingerprint density at radius 1 is 1.41 bits per heavy atom. The average molecular weight is 255 g/mol. The molecular formula is C10H13N3O3S. The quantitative estimate of drug-likeness (QED) is 0.836. The first-order chi connectivity index (χ1) is 7.85. The van der Waals surface area contributed by atoms with Crippen LogP contribution in [0.1, 0.15) is 29.4 Å². The number of sulfonamides is 1. The van der Waals surface area contributed by atoms with E-state index in [9.17, 15) is 13.2 Å². The highest BCUT2D eigenvalue weighted by Crippen LogP contribution is 2.24. The molecule has 1 aliphatic rings. The van der Waals surface area contributed by atoms with Gasteiger partial charge in [-0.05, 0) is 12.3 Å². The van der Waals surface area contributed by atoms with E-state index in [0.29, 0.717) is 24.1 Å². The number of nitrogens with one attached hydrogen (secondary N) is 1. The van der Waals surface area contributed by atoms with Crippen LogP contribution in [0, 0.1) is 5.92 Å². The van der Waals surface area contributed by atoms with Crippen molar-refractivity contribution >= 4 is 21.8 Å². The van der Waals surface area contributed by atoms with Gasteiger partial charge in [-0.1, -0.05) is 6.92 Å². The van der Waals surface area contributed by atoms with Crippen LogP contribution in [0.4, 0.5) is 5.95 Å². The van der Waals surface area contributed by atoms with Crippen molar-refractivity contribution in [3.63, 3.8) is 0 Å². The summed E-state index contributed by atoms with van der Waals surface area (Å²) >= 11 is 0. The first-order valence-electron chi connectivity index (χ1n) is 5.22. The first kappa shape index (κ1) is 12.0. The molecule has 1 aromatic rings. The molecule has 92 valence electrons. The number of hydrogen-bond donors (Lipinski definition) is 1. The smallest absolute Gasteiger partial charge is 0.236 e. The number of carbonyl (C=O) groups excluding carboxylic acids is 1. The lowest BCUT2D eigenvalue weighted by Crippen LogP contribution is -2.21. The summed E-state index contributed by atoms with van der Waals surface area (Å²) in [5, 5.41) is 0. The van der Waals surface area contributed by atoms with Gasteiger partial charge in [-0.2, -0.15) is 0 Å². The Morgan fingerprint density at radius 2 is 2.12 bits per heavy atom. The molecule has 0 bridgehead atoms. The second-order valence-electron chi connectivity index (χ2n) is 4.36. The maximum atomic E-state index is 11.7. The molecule has 6 nitrogen and oxygen atoms in total. The van der Waals surface area contributed by atoms with Crippen molar-refractivity contribution in [2.75, 3.05) is 11.0 Å². The number of fused-ring (bicyclic) bond motifs is 1. The van der Waals surface area contributed by atoms with Crippen LogP contribution in [-0.2, 0) is 16.4 Å². The van der Waals surface area contributed by atoms with Gasteiger partial charge in [0.15, 0.2) is 5.78 Å². The maximum Gasteiger partial charge on any atom is 0.236 e. The van der Waals surface area contributed by atoms with Crippen LogP contribution in [0.5, 0.6) is 0 Å². The summed E-state index contributed by atoms with van der Waals surface area (Å²) in [6.45, 7) is 1.96. The molecule has 0 aromatic carbocycles. The summed E-state index contributed by atoms with van der Waals surface area (Å²) in [4.78, 5) is 19.6. The number of anilines is 1. The number of hydrogen-bond acceptors (Lipinski definition) is 5. The zero-order chi connectivity index (χ0) is 12.6. The minimum Gasteiger partial charge on any atom is -0.294 e. The molecule has 2 rings (SSSR count). The topological polar surface area (TPSA) is 89.0 Å². The summed E-state index contributed by atoms with van der Waals surface area (Å²) in [6, 6.07) is 0. The third-order valence-corrected chi connectivity index (χ3v) is 3.07. The molecule has 0 spiro atoms. The van der Waals surface area contributed by atoms with Crippen LogP contribution < -0.4 is 4.72 Å². The number of Topliss-reactive ketones (excluding diaryl/α,β-unsaturated/α-hetero) is 1. The van der Waals surface area contributed by atoms with E-state index in [-0.39, 0.29) is 17.6 Å². The molecule has 1 N–H and O–H groups in total. The molecule has 0 radical (unpaired) electrons. The Balaban J connectivity index is 2.37. The predicted octanol–water partition coefficient (Wildman–Crippen LogP) is 0.613. The van der Waals surface area contributed by atoms with Crippen molar-refractivity contribution in [3.05, 3.63) is 17.5 Å². The number of carbonyl (C=O) groups is 1. The van der Waals surface area contributed by atoms with Crippen molar-refractivity contribution < 1.29 is 13.2 Å². The van der Waals surface area contributed by atoms with Crippen molar-refractivity contribution in [2.45, 2.75) is 19.8 Å². The number of rotatable bonds is 2. The highest BCUT2D eigenvalue weighted by molar-refractivity contribution is 7.91. The van der Waals surface area contributed by atoms with Gasteiger partial charge >= 0.3 is 0 Å². The molecule has 1 aromatic heterocycles. The lowest BCUT2D eigenvalue weighted by molar-refractivity contribution is 0.0951. The lowest BCUT2D eigenvalue weighted by atomic mass is 9.88. The van der Waals surface area contributed by atoms with Crippen LogP contribution in [0.2, 0.25) is 0 Å². The molecule has 0 fully saturated rings. The Morgan fingerprint density at radius 3 is 2.76 bits per heavy atom. The Bertz CT molecular complexity index is 568. The van der Waals surface area contributed by atoms with Crippen molar-refractivity contribution in [1.82, 2.24) is 9.97 Å². The fourth-order valence-corrected chi connectivity index (χ4v) is 2.28. The fraction of sp³-hybridized carbons (Fsp3) is 0.500. The van der Waals surface area contributed by atoms with Gasteiger partial charge in [0.05, 0.1) is 17.5 Å². The summed E-state index contributed by atoms with van der Waals surface area (Å²) in [7, 11) is -3.39. The van der Waals surface area contributed by atoms with Gasteiger partial charge < -0.3 is 0 Å². The largest absolute Gasteiger partial charge is 0.294 e. The van der Waals surface area contributed by atoms with Crippen molar-refractivity contribution in [1.29, 1.82) is 0 Å². The molecule has 0 unspecified atom stereocenters. The van der Waals surface area contributed by atoms with Gasteiger partial charge in [-0.15, -0.1) is 0 Å². The zero-order valence-corrected chi connectivity index (χ0v) is 10.4. The van der Waals surface area contributed by atoms with E-state index >= 15 is 0 Å². The van der Waals surface area contributed by atoms with E-state index < -0.39 is 10.0 Å². The fourth-order valence-electron chi connectivity index (χ4n) is 1.85. The van der Waals surface area contributed by atoms with Gasteiger partial charge in [0, 0.05) is 12.6 Å². The van der Waals surface area contributed by atoms with E-state index in [0.717, 1.165) is 6.26 Å². The van der Waals surface area contributed by atoms with E-state index in [2.05, 4.69) is 14.7 Å². The van der Waals surface area contributed by atoms with E-state index in [4.69, 9.17) is 0 Å². The summed E-state index contributed by atoms with van der Waals surface area (Å²) < 4.78 is 24.3. The minimum absolute atomic E-state index is 0.0182. The minimum atomic E-state index is -3.39. The first-order valence-corrected chi connectivity index (χ1v) is 7.11. The third kappa shape index (κ3) is 2.79. The molecule has 0 saturated carbocycles. The van der Waals surface area contributed by atoms with Gasteiger partial charge in [0.25, 0.3) is 0 Å². The molecule has 0 amide bonds. The molecule has 1 atom stereocenters. The number of nitrogens with zero attached hydrogens (tertiary/aromatic N) is 2. The lowest BCUT2D eigenvalue weighted by Gasteiger charge is -2.19. The zero-order valence-electron chi connectivity index (χ0n) is 9.60. The molecule has 7 heteroatoms. The van der Waals surface area contributed by atoms with Gasteiger partial charge in [0.2, 0.25) is 16.0 Å². The second kappa shape index (κ2) is 4.06. The second-order valence-corrected chi connectivity index (χ2v) is 6.11. The van der Waals surface area contributed by atoms with Crippen LogP contribution >= 0.6 is 0 Å². The Kier molecular flexibility index (Phi) is 2.86. The summed E-state index contributed by atoms with van der Waals surface area (Å²) in [6.07, 6.45) is 3.59. The van der Waals surface area contributed by atoms with Crippen LogP contribution in [0.25, 0.3) is 0 Å². The maximum absolute atomic E-state index is 11.7. The SMILES string of the molecule is C[C@H]1CC(=O)c2cnc(NS(C)(=O)=O)nc2C1. The summed E-state index contributed by atoms with van der Waals surface area (Å²) in [5.74, 6) is 0.272. The number of ketones is 1. The van der Waals surface area contributed by atoms with Gasteiger partial charge in [0.1, 0.15) is 0 Å². The number of aromatic nitrogens is 2. The highest BCUT2D eigenvalue weighted by Gasteiger charge is 2.24. The molecular weight excluding hydrogens is 242 g/mol. The van der Waals surface area contributed by atoms with Gasteiger partial charge in [-0.3, -0.25) is 9.52 Å². The van der Waals surface area contributed by atoms with E-state index in [1.165, 1.54) is 6.20 Å². The van der Waals surface area contributed by atoms with Crippen LogP contribution in [0.3, 0.4) is 0 Å². The average Bonchev–Trinajstić information content (AvgIpc) is 2.13. The van der Waals surface area contributed by atoms with Gasteiger partial charge in [-0.25, -0.2) is 18.4 Å². The predicted molar refractivity (Wildman–Crippen MR) is 62.3 cm³/mol. The summed E-state index contributed by atoms with van der Waals surface area (Å²) in [5.41, 5.74) is 1.12. The Labute approximate surface area is 99.5 Å². The van der Waals surface area contributed by atoms with E-state index in [1.54, 1.807) is 0 Å². The normalized spacial score (nSPS) is 19.9. The molecule has 1 heterocycles. The van der Waals surface area contributed by atoms with Crippen molar-refractivity contribution in [2.24, 2.45) is 5.92 Å². The standard InChI is InChI=1S/C10H13N3O3S/c1-6-3-8-7(9(14)4-6)5-11-10(12-8)13-17(2,15)16/h5-6H,3-4H2,1-2H3,(H,11,12,13)/t6-/m1/s1. The van der Waals surface area contributed by atoms with Crippen LogP contribution in [-0.4, -0.2) is 30.4 Å². The third-order valence-electron chi connectivity index (χ3n) is 2.52.